The van der Waals surface area contributed by atoms with Crippen LogP contribution >= 0.6 is 0 Å². The number of esters is 1. The Morgan fingerprint density at radius 2 is 1.74 bits per heavy atom. The fraction of sp³-hybridized carbons (Fsp3) is 0.185. The summed E-state index contributed by atoms with van der Waals surface area (Å²) in [5.41, 5.74) is 5.46. The fourth-order valence-electron chi connectivity index (χ4n) is 4.17. The van der Waals surface area contributed by atoms with Crippen molar-refractivity contribution in [2.24, 2.45) is 0 Å². The van der Waals surface area contributed by atoms with Crippen LogP contribution in [0.2, 0.25) is 0 Å². The maximum Gasteiger partial charge on any atom is 0.341 e. The summed E-state index contributed by atoms with van der Waals surface area (Å²) < 4.78 is 18.8. The molecule has 1 aromatic heterocycles. The number of aryl methyl sites for hydroxylation is 2. The number of amides is 1. The number of rotatable bonds is 6. The van der Waals surface area contributed by atoms with Crippen molar-refractivity contribution < 1.29 is 23.8 Å². The second-order valence-corrected chi connectivity index (χ2v) is 8.15. The first-order valence-electron chi connectivity index (χ1n) is 10.9. The van der Waals surface area contributed by atoms with E-state index in [1.807, 2.05) is 13.8 Å². The normalized spacial score (nSPS) is 10.9. The molecule has 0 saturated carbocycles. The largest absolute Gasteiger partial charge is 0.507 e. The van der Waals surface area contributed by atoms with Crippen molar-refractivity contribution in [2.75, 3.05) is 13.7 Å². The lowest BCUT2D eigenvalue weighted by Crippen LogP contribution is -2.25. The van der Waals surface area contributed by atoms with Crippen LogP contribution in [0.3, 0.4) is 0 Å². The number of fused-ring (bicyclic) bond motifs is 1. The number of aromatic nitrogens is 1. The summed E-state index contributed by atoms with van der Waals surface area (Å²) in [7, 11) is 1.25. The van der Waals surface area contributed by atoms with Gasteiger partial charge in [-0.2, -0.15) is 0 Å². The maximum absolute atomic E-state index is 14.1. The molecule has 0 aliphatic rings. The van der Waals surface area contributed by atoms with Crippen LogP contribution in [0.1, 0.15) is 37.5 Å². The standard InChI is InChI=1S/C27H25FN2O4/c1-15-4-11-22(28)25-24(15)20(16(2)30-25)12-13-29-26(32)18-7-5-17(6-8-18)19-9-10-21(23(31)14-19)27(33)34-3/h4-11,14,30-31H,12-13H2,1-3H3,(H,29,32). The van der Waals surface area contributed by atoms with E-state index < -0.39 is 5.97 Å². The highest BCUT2D eigenvalue weighted by Gasteiger charge is 2.15. The highest BCUT2D eigenvalue weighted by Crippen LogP contribution is 2.29. The number of aromatic hydroxyl groups is 1. The van der Waals surface area contributed by atoms with Crippen molar-refractivity contribution in [1.29, 1.82) is 0 Å². The van der Waals surface area contributed by atoms with E-state index >= 15 is 0 Å². The minimum absolute atomic E-state index is 0.0885. The second kappa shape index (κ2) is 9.39. The van der Waals surface area contributed by atoms with E-state index in [0.29, 0.717) is 29.6 Å². The Hall–Kier alpha value is -4.13. The number of phenols is 1. The van der Waals surface area contributed by atoms with Gasteiger partial charge in [-0.05, 0) is 72.9 Å². The molecule has 6 nitrogen and oxygen atoms in total. The number of halogens is 1. The van der Waals surface area contributed by atoms with Gasteiger partial charge in [-0.1, -0.05) is 24.3 Å². The van der Waals surface area contributed by atoms with Gasteiger partial charge in [0.1, 0.15) is 17.1 Å². The number of hydrogen-bond acceptors (Lipinski definition) is 4. The molecule has 34 heavy (non-hydrogen) atoms. The molecule has 0 spiro atoms. The Morgan fingerprint density at radius 1 is 1.03 bits per heavy atom. The van der Waals surface area contributed by atoms with Crippen LogP contribution < -0.4 is 5.32 Å². The fourth-order valence-corrected chi connectivity index (χ4v) is 4.17. The number of methoxy groups -OCH3 is 1. The molecule has 1 heterocycles. The van der Waals surface area contributed by atoms with Crippen LogP contribution in [0.4, 0.5) is 4.39 Å². The Balaban J connectivity index is 1.43. The van der Waals surface area contributed by atoms with Crippen molar-refractivity contribution in [2.45, 2.75) is 20.3 Å². The topological polar surface area (TPSA) is 91.4 Å². The average Bonchev–Trinajstić information content (AvgIpc) is 3.18. The first kappa shape index (κ1) is 23.0. The molecule has 0 bridgehead atoms. The van der Waals surface area contributed by atoms with Crippen molar-refractivity contribution in [3.63, 3.8) is 0 Å². The molecule has 3 aromatic carbocycles. The van der Waals surface area contributed by atoms with Gasteiger partial charge in [0.2, 0.25) is 0 Å². The molecular formula is C27H25FN2O4. The first-order valence-corrected chi connectivity index (χ1v) is 10.9. The van der Waals surface area contributed by atoms with E-state index in [1.165, 1.54) is 25.3 Å². The van der Waals surface area contributed by atoms with E-state index in [4.69, 9.17) is 0 Å². The highest BCUT2D eigenvalue weighted by molar-refractivity contribution is 5.95. The molecule has 0 aliphatic carbocycles. The van der Waals surface area contributed by atoms with Crippen LogP contribution in [-0.2, 0) is 11.2 Å². The number of carbonyl (C=O) groups is 2. The van der Waals surface area contributed by atoms with Crippen molar-refractivity contribution in [3.05, 3.63) is 88.4 Å². The summed E-state index contributed by atoms with van der Waals surface area (Å²) in [4.78, 5) is 27.4. The monoisotopic (exact) mass is 460 g/mol. The van der Waals surface area contributed by atoms with Crippen LogP contribution in [0.15, 0.2) is 54.6 Å². The van der Waals surface area contributed by atoms with E-state index in [0.717, 1.165) is 27.8 Å². The molecule has 1 amide bonds. The van der Waals surface area contributed by atoms with Gasteiger partial charge in [0, 0.05) is 23.2 Å². The molecule has 4 aromatic rings. The minimum Gasteiger partial charge on any atom is -0.507 e. The zero-order chi connectivity index (χ0) is 24.4. The van der Waals surface area contributed by atoms with Crippen LogP contribution in [0.25, 0.3) is 22.0 Å². The Bertz CT molecular complexity index is 1390. The predicted octanol–water partition coefficient (Wildman–Crippen LogP) is 5.06. The molecule has 0 unspecified atom stereocenters. The molecule has 4 rings (SSSR count). The lowest BCUT2D eigenvalue weighted by atomic mass is 10.0. The Kier molecular flexibility index (Phi) is 6.36. The summed E-state index contributed by atoms with van der Waals surface area (Å²) in [6.07, 6.45) is 0.575. The minimum atomic E-state index is -0.612. The Morgan fingerprint density at radius 3 is 2.41 bits per heavy atom. The maximum atomic E-state index is 14.1. The number of phenolic OH excluding ortho intramolecular Hbond substituents is 1. The third-order valence-electron chi connectivity index (χ3n) is 5.97. The van der Waals surface area contributed by atoms with E-state index in [9.17, 15) is 19.1 Å². The summed E-state index contributed by atoms with van der Waals surface area (Å²) in [6, 6.07) is 14.9. The number of hydrogen-bond donors (Lipinski definition) is 3. The molecule has 0 atom stereocenters. The molecule has 3 N–H and O–H groups in total. The number of ether oxygens (including phenoxy) is 1. The molecule has 0 fully saturated rings. The van der Waals surface area contributed by atoms with Gasteiger partial charge in [0.25, 0.3) is 5.91 Å². The summed E-state index contributed by atoms with van der Waals surface area (Å²) in [6.45, 7) is 4.26. The smallest absolute Gasteiger partial charge is 0.341 e. The third kappa shape index (κ3) is 4.37. The lowest BCUT2D eigenvalue weighted by molar-refractivity contribution is 0.0597. The SMILES string of the molecule is COC(=O)c1ccc(-c2ccc(C(=O)NCCc3c(C)[nH]c4c(F)ccc(C)c34)cc2)cc1O. The van der Waals surface area contributed by atoms with Crippen molar-refractivity contribution >= 4 is 22.8 Å². The highest BCUT2D eigenvalue weighted by atomic mass is 19.1. The lowest BCUT2D eigenvalue weighted by Gasteiger charge is -2.09. The van der Waals surface area contributed by atoms with Crippen molar-refractivity contribution in [3.8, 4) is 16.9 Å². The van der Waals surface area contributed by atoms with Gasteiger partial charge >= 0.3 is 5.97 Å². The summed E-state index contributed by atoms with van der Waals surface area (Å²) >= 11 is 0. The van der Waals surface area contributed by atoms with E-state index in [2.05, 4.69) is 15.0 Å². The zero-order valence-electron chi connectivity index (χ0n) is 19.2. The zero-order valence-corrected chi connectivity index (χ0v) is 19.2. The molecular weight excluding hydrogens is 435 g/mol. The van der Waals surface area contributed by atoms with Gasteiger partial charge < -0.3 is 20.1 Å². The van der Waals surface area contributed by atoms with Crippen molar-refractivity contribution in [1.82, 2.24) is 10.3 Å². The van der Waals surface area contributed by atoms with Gasteiger partial charge in [-0.25, -0.2) is 9.18 Å². The van der Waals surface area contributed by atoms with Crippen LogP contribution in [0.5, 0.6) is 5.75 Å². The molecule has 174 valence electrons. The summed E-state index contributed by atoms with van der Waals surface area (Å²) in [5, 5.41) is 13.9. The molecule has 0 aliphatic heterocycles. The van der Waals surface area contributed by atoms with Crippen LogP contribution in [0, 0.1) is 19.7 Å². The number of nitrogens with one attached hydrogen (secondary N) is 2. The molecule has 0 radical (unpaired) electrons. The quantitative estimate of drug-likeness (QED) is 0.351. The molecule has 7 heteroatoms. The third-order valence-corrected chi connectivity index (χ3v) is 5.97. The summed E-state index contributed by atoms with van der Waals surface area (Å²) in [5.74, 6) is -1.28. The average molecular weight is 461 g/mol. The molecule has 0 saturated heterocycles. The predicted molar refractivity (Wildman–Crippen MR) is 129 cm³/mol. The van der Waals surface area contributed by atoms with Crippen LogP contribution in [-0.4, -0.2) is 35.6 Å². The van der Waals surface area contributed by atoms with E-state index in [-0.39, 0.29) is 23.0 Å². The van der Waals surface area contributed by atoms with Gasteiger partial charge in [0.05, 0.1) is 12.6 Å². The Labute approximate surface area is 196 Å². The number of carbonyl (C=O) groups excluding carboxylic acids is 2. The van der Waals surface area contributed by atoms with E-state index in [1.54, 1.807) is 36.4 Å². The van der Waals surface area contributed by atoms with Gasteiger partial charge in [0.15, 0.2) is 0 Å². The second-order valence-electron chi connectivity index (χ2n) is 8.15. The first-order chi connectivity index (χ1) is 16.3. The number of benzene rings is 3. The number of H-pyrrole nitrogens is 1. The number of aromatic amines is 1. The van der Waals surface area contributed by atoms with Gasteiger partial charge in [-0.3, -0.25) is 4.79 Å². The van der Waals surface area contributed by atoms with Gasteiger partial charge in [-0.15, -0.1) is 0 Å².